The maximum absolute atomic E-state index is 11.7. The predicted molar refractivity (Wildman–Crippen MR) is 121 cm³/mol. The van der Waals surface area contributed by atoms with Gasteiger partial charge in [0.05, 0.1) is 13.2 Å². The summed E-state index contributed by atoms with van der Waals surface area (Å²) in [6.45, 7) is 3.09. The van der Waals surface area contributed by atoms with Crippen molar-refractivity contribution in [2.45, 2.75) is 90.4 Å². The van der Waals surface area contributed by atoms with Crippen LogP contribution >= 0.6 is 15.9 Å². The van der Waals surface area contributed by atoms with Gasteiger partial charge in [0.15, 0.2) is 0 Å². The topological polar surface area (TPSA) is 52.6 Å². The first kappa shape index (κ1) is 25.7. The Labute approximate surface area is 184 Å². The molecule has 0 unspecified atom stereocenters. The van der Waals surface area contributed by atoms with Gasteiger partial charge in [0.25, 0.3) is 0 Å². The summed E-state index contributed by atoms with van der Waals surface area (Å²) in [4.78, 5) is 23.5. The molecule has 0 spiro atoms. The Kier molecular flexibility index (Phi) is 15.5. The molecule has 1 aromatic rings. The van der Waals surface area contributed by atoms with E-state index in [2.05, 4.69) is 22.9 Å². The molecule has 0 aliphatic heterocycles. The van der Waals surface area contributed by atoms with Crippen LogP contribution in [0.3, 0.4) is 0 Å². The van der Waals surface area contributed by atoms with Crippen LogP contribution in [-0.2, 0) is 25.5 Å². The summed E-state index contributed by atoms with van der Waals surface area (Å²) < 4.78 is 11.5. The summed E-state index contributed by atoms with van der Waals surface area (Å²) in [7, 11) is 0. The first-order valence-electron chi connectivity index (χ1n) is 11.2. The maximum atomic E-state index is 11.7. The van der Waals surface area contributed by atoms with Crippen LogP contribution in [0, 0.1) is 0 Å². The predicted octanol–water partition coefficient (Wildman–Crippen LogP) is 6.78. The summed E-state index contributed by atoms with van der Waals surface area (Å²) in [5, 5.41) is 0. The van der Waals surface area contributed by atoms with Gasteiger partial charge in [-0.25, -0.2) is 0 Å². The lowest BCUT2D eigenvalue weighted by Crippen LogP contribution is -2.10. The average molecular weight is 469 g/mol. The number of unbranched alkanes of at least 4 members (excludes halogenated alkanes) is 8. The van der Waals surface area contributed by atoms with Crippen LogP contribution in [0.15, 0.2) is 28.7 Å². The molecule has 0 aromatic heterocycles. The van der Waals surface area contributed by atoms with E-state index in [9.17, 15) is 9.59 Å². The molecule has 0 N–H and O–H groups in total. The van der Waals surface area contributed by atoms with Gasteiger partial charge < -0.3 is 9.47 Å². The summed E-state index contributed by atoms with van der Waals surface area (Å²) in [5.41, 5.74) is 1.12. The number of hydrogen-bond donors (Lipinski definition) is 0. The molecule has 29 heavy (non-hydrogen) atoms. The molecule has 1 rings (SSSR count). The third kappa shape index (κ3) is 15.2. The van der Waals surface area contributed by atoms with Crippen LogP contribution in [0.5, 0.6) is 0 Å². The molecule has 0 bridgehead atoms. The van der Waals surface area contributed by atoms with Crippen LogP contribution in [0.4, 0.5) is 0 Å². The summed E-state index contributed by atoms with van der Waals surface area (Å²) in [6, 6.07) is 7.94. The fourth-order valence-corrected chi connectivity index (χ4v) is 3.54. The monoisotopic (exact) mass is 468 g/mol. The number of ether oxygens (including phenoxy) is 2. The zero-order valence-electron chi connectivity index (χ0n) is 17.9. The quantitative estimate of drug-likeness (QED) is 0.186. The molecule has 0 amide bonds. The molecule has 0 aliphatic rings. The number of carbonyl (C=O) groups excluding carboxylic acids is 2. The van der Waals surface area contributed by atoms with Gasteiger partial charge in [0, 0.05) is 23.7 Å². The Morgan fingerprint density at radius 2 is 1.38 bits per heavy atom. The normalized spacial score (nSPS) is 10.7. The van der Waals surface area contributed by atoms with Gasteiger partial charge in [0.1, 0.15) is 0 Å². The second-order valence-corrected chi connectivity index (χ2v) is 8.42. The number of carbonyl (C=O) groups is 2. The average Bonchev–Trinajstić information content (AvgIpc) is 2.69. The molecule has 0 heterocycles. The molecule has 0 saturated heterocycles. The van der Waals surface area contributed by atoms with Gasteiger partial charge in [-0.05, 0) is 30.5 Å². The lowest BCUT2D eigenvalue weighted by atomic mass is 10.1. The molecule has 0 saturated carbocycles. The fraction of sp³-hybridized carbons (Fsp3) is 0.667. The van der Waals surface area contributed by atoms with E-state index in [0.29, 0.717) is 26.1 Å². The van der Waals surface area contributed by atoms with Crippen molar-refractivity contribution in [1.82, 2.24) is 0 Å². The van der Waals surface area contributed by atoms with E-state index >= 15 is 0 Å². The van der Waals surface area contributed by atoms with E-state index in [1.54, 1.807) is 0 Å². The SMILES string of the molecule is CCCCCCCCCCCOC(=O)CCCC(=O)OCCc1cccc(Br)c1. The second-order valence-electron chi connectivity index (χ2n) is 7.50. The molecule has 5 heteroatoms. The van der Waals surface area contributed by atoms with Crippen molar-refractivity contribution >= 4 is 27.9 Å². The van der Waals surface area contributed by atoms with E-state index in [-0.39, 0.29) is 24.8 Å². The van der Waals surface area contributed by atoms with E-state index in [1.165, 1.54) is 44.9 Å². The molecule has 1 aromatic carbocycles. The number of esters is 2. The minimum atomic E-state index is -0.258. The minimum absolute atomic E-state index is 0.216. The number of hydrogen-bond acceptors (Lipinski definition) is 4. The fourth-order valence-electron chi connectivity index (χ4n) is 3.10. The molecule has 0 atom stereocenters. The highest BCUT2D eigenvalue weighted by Crippen LogP contribution is 2.12. The number of benzene rings is 1. The molecular formula is C24H37BrO4. The molecule has 0 fully saturated rings. The van der Waals surface area contributed by atoms with Gasteiger partial charge >= 0.3 is 11.9 Å². The largest absolute Gasteiger partial charge is 0.466 e. The third-order valence-electron chi connectivity index (χ3n) is 4.82. The third-order valence-corrected chi connectivity index (χ3v) is 5.31. The summed E-state index contributed by atoms with van der Waals surface area (Å²) >= 11 is 3.42. The summed E-state index contributed by atoms with van der Waals surface area (Å²) in [6.07, 6.45) is 12.9. The van der Waals surface area contributed by atoms with Gasteiger partial charge in [-0.2, -0.15) is 0 Å². The second kappa shape index (κ2) is 17.5. The van der Waals surface area contributed by atoms with Gasteiger partial charge in [-0.3, -0.25) is 9.59 Å². The van der Waals surface area contributed by atoms with Crippen LogP contribution in [-0.4, -0.2) is 25.2 Å². The highest BCUT2D eigenvalue weighted by Gasteiger charge is 2.07. The van der Waals surface area contributed by atoms with E-state index in [1.807, 2.05) is 24.3 Å². The van der Waals surface area contributed by atoms with Crippen molar-refractivity contribution in [3.63, 3.8) is 0 Å². The maximum Gasteiger partial charge on any atom is 0.305 e. The Balaban J connectivity index is 1.91. The van der Waals surface area contributed by atoms with Crippen LogP contribution in [0.2, 0.25) is 0 Å². The molecule has 164 valence electrons. The van der Waals surface area contributed by atoms with E-state index < -0.39 is 0 Å². The lowest BCUT2D eigenvalue weighted by Gasteiger charge is -2.06. The van der Waals surface area contributed by atoms with Crippen LogP contribution < -0.4 is 0 Å². The molecule has 0 radical (unpaired) electrons. The van der Waals surface area contributed by atoms with Gasteiger partial charge in [0.2, 0.25) is 0 Å². The Morgan fingerprint density at radius 1 is 0.793 bits per heavy atom. The highest BCUT2D eigenvalue weighted by molar-refractivity contribution is 9.10. The molecule has 0 aliphatic carbocycles. The van der Waals surface area contributed by atoms with Crippen molar-refractivity contribution < 1.29 is 19.1 Å². The van der Waals surface area contributed by atoms with Crippen molar-refractivity contribution in [2.24, 2.45) is 0 Å². The van der Waals surface area contributed by atoms with E-state index in [0.717, 1.165) is 22.9 Å². The first-order valence-corrected chi connectivity index (χ1v) is 12.0. The number of rotatable bonds is 17. The Morgan fingerprint density at radius 3 is 2.00 bits per heavy atom. The molecule has 4 nitrogen and oxygen atoms in total. The van der Waals surface area contributed by atoms with Gasteiger partial charge in [-0.1, -0.05) is 86.4 Å². The first-order chi connectivity index (χ1) is 14.1. The van der Waals surface area contributed by atoms with Crippen molar-refractivity contribution in [1.29, 1.82) is 0 Å². The summed E-state index contributed by atoms with van der Waals surface area (Å²) in [5.74, 6) is -0.474. The highest BCUT2D eigenvalue weighted by atomic mass is 79.9. The van der Waals surface area contributed by atoms with Crippen molar-refractivity contribution in [3.8, 4) is 0 Å². The number of halogens is 1. The smallest absolute Gasteiger partial charge is 0.305 e. The van der Waals surface area contributed by atoms with Crippen molar-refractivity contribution in [2.75, 3.05) is 13.2 Å². The molecular weight excluding hydrogens is 432 g/mol. The van der Waals surface area contributed by atoms with Crippen LogP contribution in [0.1, 0.15) is 89.5 Å². The minimum Gasteiger partial charge on any atom is -0.466 e. The standard InChI is InChI=1S/C24H37BrO4/c1-2-3-4-5-6-7-8-9-10-18-28-23(26)15-12-16-24(27)29-19-17-21-13-11-14-22(25)20-21/h11,13-14,20H,2-10,12,15-19H2,1H3. The van der Waals surface area contributed by atoms with Crippen molar-refractivity contribution in [3.05, 3.63) is 34.3 Å². The van der Waals surface area contributed by atoms with Crippen LogP contribution in [0.25, 0.3) is 0 Å². The zero-order valence-corrected chi connectivity index (χ0v) is 19.5. The van der Waals surface area contributed by atoms with Gasteiger partial charge in [-0.15, -0.1) is 0 Å². The van der Waals surface area contributed by atoms with E-state index in [4.69, 9.17) is 9.47 Å². The lowest BCUT2D eigenvalue weighted by molar-refractivity contribution is -0.145. The zero-order chi connectivity index (χ0) is 21.2. The Bertz CT molecular complexity index is 574. The Hall–Kier alpha value is -1.36.